The average molecular weight is 387 g/mol. The minimum atomic E-state index is 0.552. The lowest BCUT2D eigenvalue weighted by atomic mass is 10.1. The monoisotopic (exact) mass is 387 g/mol. The summed E-state index contributed by atoms with van der Waals surface area (Å²) in [5, 5.41) is 6.63. The van der Waals surface area contributed by atoms with E-state index in [2.05, 4.69) is 27.8 Å². The molecule has 0 saturated heterocycles. The molecule has 0 atom stereocenters. The molecule has 0 aromatic heterocycles. The van der Waals surface area contributed by atoms with Gasteiger partial charge in [-0.05, 0) is 28.8 Å². The highest BCUT2D eigenvalue weighted by molar-refractivity contribution is 5.79. The van der Waals surface area contributed by atoms with Crippen molar-refractivity contribution in [3.05, 3.63) is 53.1 Å². The second-order valence-electron chi connectivity index (χ2n) is 6.01. The van der Waals surface area contributed by atoms with Gasteiger partial charge < -0.3 is 29.6 Å². The second-order valence-corrected chi connectivity index (χ2v) is 6.01. The molecular weight excluding hydrogens is 358 g/mol. The largest absolute Gasteiger partial charge is 0.493 e. The van der Waals surface area contributed by atoms with Gasteiger partial charge in [-0.15, -0.1) is 0 Å². The molecule has 2 N–H and O–H groups in total. The van der Waals surface area contributed by atoms with Crippen LogP contribution in [0.25, 0.3) is 0 Å². The van der Waals surface area contributed by atoms with Gasteiger partial charge in [-0.3, -0.25) is 4.99 Å². The lowest BCUT2D eigenvalue weighted by Gasteiger charge is -2.16. The summed E-state index contributed by atoms with van der Waals surface area (Å²) in [6, 6.07) is 12.0. The number of aliphatic imine (C=N–C) groups is 1. The Balaban J connectivity index is 2.03. The van der Waals surface area contributed by atoms with E-state index >= 15 is 0 Å². The minimum absolute atomic E-state index is 0.552. The lowest BCUT2D eigenvalue weighted by molar-refractivity contribution is 0.184. The van der Waals surface area contributed by atoms with Crippen molar-refractivity contribution >= 4 is 5.96 Å². The molecule has 7 heteroatoms. The molecule has 0 unspecified atom stereocenters. The Morgan fingerprint density at radius 3 is 2.00 bits per heavy atom. The Morgan fingerprint density at radius 1 is 0.857 bits per heavy atom. The van der Waals surface area contributed by atoms with Crippen molar-refractivity contribution in [2.45, 2.75) is 19.7 Å². The first-order valence-corrected chi connectivity index (χ1v) is 8.95. The highest BCUT2D eigenvalue weighted by Gasteiger charge is 2.13. The molecule has 0 aliphatic rings. The molecule has 0 spiro atoms. The van der Waals surface area contributed by atoms with Crippen molar-refractivity contribution in [2.75, 3.05) is 35.5 Å². The van der Waals surface area contributed by atoms with Gasteiger partial charge in [0.05, 0.1) is 27.9 Å². The molecule has 0 heterocycles. The fourth-order valence-electron chi connectivity index (χ4n) is 2.85. The molecule has 2 aromatic carbocycles. The van der Waals surface area contributed by atoms with Crippen molar-refractivity contribution < 1.29 is 18.9 Å². The SMILES string of the molecule is CN=C(NCc1cc(OC)c(OC)c(OC)c1)NCc1ccccc1COC. The van der Waals surface area contributed by atoms with Crippen molar-refractivity contribution in [3.63, 3.8) is 0 Å². The minimum Gasteiger partial charge on any atom is -0.493 e. The van der Waals surface area contributed by atoms with Gasteiger partial charge in [-0.25, -0.2) is 0 Å². The molecular formula is C21H29N3O4. The van der Waals surface area contributed by atoms with Gasteiger partial charge in [0.25, 0.3) is 0 Å². The zero-order chi connectivity index (χ0) is 20.4. The van der Waals surface area contributed by atoms with Gasteiger partial charge in [0, 0.05) is 27.2 Å². The van der Waals surface area contributed by atoms with Crippen LogP contribution in [-0.4, -0.2) is 41.4 Å². The first kappa shape index (κ1) is 21.4. The predicted molar refractivity (Wildman–Crippen MR) is 110 cm³/mol. The molecule has 0 saturated carbocycles. The number of benzene rings is 2. The number of hydrogen-bond donors (Lipinski definition) is 2. The van der Waals surface area contributed by atoms with Crippen LogP contribution in [0.2, 0.25) is 0 Å². The Labute approximate surface area is 166 Å². The van der Waals surface area contributed by atoms with E-state index in [4.69, 9.17) is 18.9 Å². The smallest absolute Gasteiger partial charge is 0.203 e. The molecule has 152 valence electrons. The fourth-order valence-corrected chi connectivity index (χ4v) is 2.85. The molecule has 0 bridgehead atoms. The van der Waals surface area contributed by atoms with Crippen LogP contribution in [0.3, 0.4) is 0 Å². The van der Waals surface area contributed by atoms with Crippen LogP contribution in [-0.2, 0) is 24.4 Å². The maximum absolute atomic E-state index is 5.40. The van der Waals surface area contributed by atoms with Crippen molar-refractivity contribution in [2.24, 2.45) is 4.99 Å². The molecule has 0 radical (unpaired) electrons. The zero-order valence-electron chi connectivity index (χ0n) is 17.2. The van der Waals surface area contributed by atoms with Crippen LogP contribution in [0.5, 0.6) is 17.2 Å². The Bertz CT molecular complexity index is 768. The molecule has 0 amide bonds. The highest BCUT2D eigenvalue weighted by atomic mass is 16.5. The van der Waals surface area contributed by atoms with E-state index in [1.165, 1.54) is 5.56 Å². The van der Waals surface area contributed by atoms with E-state index in [9.17, 15) is 0 Å². The Hall–Kier alpha value is -2.93. The topological polar surface area (TPSA) is 73.3 Å². The third kappa shape index (κ3) is 5.53. The maximum Gasteiger partial charge on any atom is 0.203 e. The highest BCUT2D eigenvalue weighted by Crippen LogP contribution is 2.38. The van der Waals surface area contributed by atoms with E-state index in [0.717, 1.165) is 11.1 Å². The molecule has 28 heavy (non-hydrogen) atoms. The Kier molecular flexibility index (Phi) is 8.42. The van der Waals surface area contributed by atoms with Gasteiger partial charge >= 0.3 is 0 Å². The van der Waals surface area contributed by atoms with Gasteiger partial charge in [0.15, 0.2) is 17.5 Å². The number of ether oxygens (including phenoxy) is 4. The first-order chi connectivity index (χ1) is 13.7. The van der Waals surface area contributed by atoms with E-state index in [1.807, 2.05) is 24.3 Å². The quantitative estimate of drug-likeness (QED) is 0.509. The normalized spacial score (nSPS) is 11.1. The average Bonchev–Trinajstić information content (AvgIpc) is 2.74. The van der Waals surface area contributed by atoms with Crippen LogP contribution < -0.4 is 24.8 Å². The summed E-state index contributed by atoms with van der Waals surface area (Å²) in [6.45, 7) is 1.78. The lowest BCUT2D eigenvalue weighted by Crippen LogP contribution is -2.36. The summed E-state index contributed by atoms with van der Waals surface area (Å²) >= 11 is 0. The Morgan fingerprint density at radius 2 is 1.46 bits per heavy atom. The van der Waals surface area contributed by atoms with Crippen molar-refractivity contribution in [1.29, 1.82) is 0 Å². The molecule has 0 aliphatic heterocycles. The van der Waals surface area contributed by atoms with E-state index < -0.39 is 0 Å². The van der Waals surface area contributed by atoms with E-state index in [1.54, 1.807) is 35.5 Å². The van der Waals surface area contributed by atoms with Crippen molar-refractivity contribution in [1.82, 2.24) is 10.6 Å². The third-order valence-electron chi connectivity index (χ3n) is 4.27. The van der Waals surface area contributed by atoms with Gasteiger partial charge in [-0.1, -0.05) is 24.3 Å². The van der Waals surface area contributed by atoms with Crippen LogP contribution in [0, 0.1) is 0 Å². The summed E-state index contributed by atoms with van der Waals surface area (Å²) in [7, 11) is 8.23. The molecule has 7 nitrogen and oxygen atoms in total. The fraction of sp³-hybridized carbons (Fsp3) is 0.381. The number of guanidine groups is 1. The van der Waals surface area contributed by atoms with E-state index in [-0.39, 0.29) is 0 Å². The molecule has 2 rings (SSSR count). The van der Waals surface area contributed by atoms with Crippen LogP contribution in [0.15, 0.2) is 41.4 Å². The summed E-state index contributed by atoms with van der Waals surface area (Å²) in [6.07, 6.45) is 0. The van der Waals surface area contributed by atoms with Gasteiger partial charge in [0.2, 0.25) is 5.75 Å². The van der Waals surface area contributed by atoms with Crippen LogP contribution in [0.4, 0.5) is 0 Å². The standard InChI is InChI=1S/C21H29N3O4/c1-22-21(24-13-16-8-6-7-9-17(16)14-25-2)23-12-15-10-18(26-3)20(28-5)19(11-15)27-4/h6-11H,12-14H2,1-5H3,(H2,22,23,24). The number of methoxy groups -OCH3 is 4. The zero-order valence-corrected chi connectivity index (χ0v) is 17.2. The molecule has 2 aromatic rings. The summed E-state index contributed by atoms with van der Waals surface area (Å²) in [5.41, 5.74) is 3.30. The molecule has 0 fully saturated rings. The van der Waals surface area contributed by atoms with E-state index in [0.29, 0.717) is 42.9 Å². The van der Waals surface area contributed by atoms with Gasteiger partial charge in [0.1, 0.15) is 0 Å². The predicted octanol–water partition coefficient (Wildman–Crippen LogP) is 2.72. The second kappa shape index (κ2) is 11.0. The first-order valence-electron chi connectivity index (χ1n) is 8.95. The van der Waals surface area contributed by atoms with Crippen LogP contribution >= 0.6 is 0 Å². The molecule has 0 aliphatic carbocycles. The number of nitrogens with zero attached hydrogens (tertiary/aromatic N) is 1. The van der Waals surface area contributed by atoms with Crippen LogP contribution in [0.1, 0.15) is 16.7 Å². The summed E-state index contributed by atoms with van der Waals surface area (Å²) < 4.78 is 21.4. The maximum atomic E-state index is 5.40. The number of nitrogens with one attached hydrogen (secondary N) is 2. The van der Waals surface area contributed by atoms with Crippen molar-refractivity contribution in [3.8, 4) is 17.2 Å². The third-order valence-corrected chi connectivity index (χ3v) is 4.27. The number of hydrogen-bond acceptors (Lipinski definition) is 5. The summed E-state index contributed by atoms with van der Waals surface area (Å²) in [5.74, 6) is 2.51. The summed E-state index contributed by atoms with van der Waals surface area (Å²) in [4.78, 5) is 4.29. The van der Waals surface area contributed by atoms with Gasteiger partial charge in [-0.2, -0.15) is 0 Å². The number of rotatable bonds is 9.